The molecule has 4 unspecified atom stereocenters. The predicted molar refractivity (Wildman–Crippen MR) is 143 cm³/mol. The van der Waals surface area contributed by atoms with Gasteiger partial charge < -0.3 is 9.30 Å². The van der Waals surface area contributed by atoms with Gasteiger partial charge in [0.1, 0.15) is 0 Å². The summed E-state index contributed by atoms with van der Waals surface area (Å²) < 4.78 is 8.31. The molecule has 4 aliphatic rings. The Morgan fingerprint density at radius 1 is 1.14 bits per heavy atom. The van der Waals surface area contributed by atoms with Crippen molar-refractivity contribution in [3.63, 3.8) is 0 Å². The van der Waals surface area contributed by atoms with E-state index in [0.29, 0.717) is 18.8 Å². The van der Waals surface area contributed by atoms with E-state index >= 15 is 0 Å². The number of rotatable bonds is 4. The van der Waals surface area contributed by atoms with Crippen LogP contribution in [0.25, 0.3) is 10.9 Å². The van der Waals surface area contributed by atoms with E-state index in [9.17, 15) is 14.4 Å². The summed E-state index contributed by atoms with van der Waals surface area (Å²) in [6.45, 7) is 5.63. The number of benzene rings is 1. The molecule has 0 bridgehead atoms. The molecule has 0 N–H and O–H groups in total. The molecule has 5 nitrogen and oxygen atoms in total. The average molecular weight is 500 g/mol. The molecule has 0 aliphatic heterocycles. The minimum Gasteiger partial charge on any atom is -0.450 e. The Kier molecular flexibility index (Phi) is 5.63. The number of aryl methyl sites for hydroxylation is 1. The summed E-state index contributed by atoms with van der Waals surface area (Å²) in [5.74, 6) is 0.663. The Labute approximate surface area is 218 Å². The summed E-state index contributed by atoms with van der Waals surface area (Å²) >= 11 is 0. The second-order valence-electron chi connectivity index (χ2n) is 12.0. The number of carbonyl (C=O) groups is 3. The Morgan fingerprint density at radius 3 is 2.70 bits per heavy atom. The molecule has 1 aromatic heterocycles. The van der Waals surface area contributed by atoms with Crippen LogP contribution in [0.5, 0.6) is 0 Å². The Balaban J connectivity index is 1.55. The summed E-state index contributed by atoms with van der Waals surface area (Å²) in [4.78, 5) is 38.4. The summed E-state index contributed by atoms with van der Waals surface area (Å²) in [5.41, 5.74) is 5.04. The van der Waals surface area contributed by atoms with Gasteiger partial charge in [-0.15, -0.1) is 0 Å². The smallest absolute Gasteiger partial charge is 0.306 e. The van der Waals surface area contributed by atoms with Gasteiger partial charge in [0, 0.05) is 42.9 Å². The van der Waals surface area contributed by atoms with Crippen molar-refractivity contribution in [1.82, 2.24) is 4.57 Å². The number of nitrogens with zero attached hydrogens (tertiary/aromatic N) is 1. The van der Waals surface area contributed by atoms with E-state index in [-0.39, 0.29) is 35.8 Å². The number of ether oxygens (including phenoxy) is 1. The highest BCUT2D eigenvalue weighted by Gasteiger charge is 2.67. The first-order valence-electron chi connectivity index (χ1n) is 13.9. The fraction of sp³-hybridized carbons (Fsp3) is 0.531. The average Bonchev–Trinajstić information content (AvgIpc) is 3.40. The van der Waals surface area contributed by atoms with Gasteiger partial charge in [0.25, 0.3) is 0 Å². The number of aromatic nitrogens is 1. The standard InChI is InChI=1S/C32H37NO4/c1-5-29(36)37-32(19(2)34)14-12-27-25-9-6-21-17-23(35)8-10-24(21)30(25)26(18-31(27,32)3)20-7-11-28-22(16-20)13-15-33(28)4/h7,11,13,15-17,25-27H,5-6,8-10,12,14,18H2,1-4H3/t25?,26?,27?,31-,32?/m0/s1. The van der Waals surface area contributed by atoms with Gasteiger partial charge in [0.05, 0.1) is 0 Å². The van der Waals surface area contributed by atoms with Crippen molar-refractivity contribution in [2.24, 2.45) is 24.3 Å². The van der Waals surface area contributed by atoms with Crippen LogP contribution in [0.2, 0.25) is 0 Å². The van der Waals surface area contributed by atoms with Gasteiger partial charge in [-0.1, -0.05) is 25.5 Å². The molecule has 0 amide bonds. The Morgan fingerprint density at radius 2 is 1.95 bits per heavy atom. The Bertz CT molecular complexity index is 1390. The van der Waals surface area contributed by atoms with E-state index in [1.165, 1.54) is 33.2 Å². The van der Waals surface area contributed by atoms with Crippen LogP contribution in [0.3, 0.4) is 0 Å². The summed E-state index contributed by atoms with van der Waals surface area (Å²) in [7, 11) is 2.06. The van der Waals surface area contributed by atoms with Crippen LogP contribution < -0.4 is 0 Å². The number of esters is 1. The normalized spacial score (nSPS) is 33.0. The third kappa shape index (κ3) is 3.45. The van der Waals surface area contributed by atoms with Crippen molar-refractivity contribution in [1.29, 1.82) is 0 Å². The van der Waals surface area contributed by atoms with E-state index in [4.69, 9.17) is 4.74 Å². The van der Waals surface area contributed by atoms with Gasteiger partial charge in [0.2, 0.25) is 0 Å². The van der Waals surface area contributed by atoms with Gasteiger partial charge >= 0.3 is 5.97 Å². The van der Waals surface area contributed by atoms with Gasteiger partial charge in [0.15, 0.2) is 17.2 Å². The number of fused-ring (bicyclic) bond motifs is 5. The number of hydrogen-bond acceptors (Lipinski definition) is 4. The highest BCUT2D eigenvalue weighted by Crippen LogP contribution is 2.67. The first kappa shape index (κ1) is 24.4. The lowest BCUT2D eigenvalue weighted by atomic mass is 9.50. The van der Waals surface area contributed by atoms with Gasteiger partial charge in [-0.05, 0) is 104 Å². The van der Waals surface area contributed by atoms with Crippen molar-refractivity contribution in [3.8, 4) is 0 Å². The van der Waals surface area contributed by atoms with Crippen molar-refractivity contribution in [3.05, 3.63) is 58.8 Å². The van der Waals surface area contributed by atoms with Crippen LogP contribution >= 0.6 is 0 Å². The van der Waals surface area contributed by atoms with E-state index in [1.807, 2.05) is 6.08 Å². The predicted octanol–water partition coefficient (Wildman–Crippen LogP) is 6.36. The minimum atomic E-state index is -1.07. The molecule has 6 rings (SSSR count). The van der Waals surface area contributed by atoms with Crippen molar-refractivity contribution >= 4 is 28.4 Å². The Hall–Kier alpha value is -2.95. The molecule has 37 heavy (non-hydrogen) atoms. The molecular formula is C32H37NO4. The first-order valence-corrected chi connectivity index (χ1v) is 13.9. The van der Waals surface area contributed by atoms with E-state index in [0.717, 1.165) is 32.1 Å². The highest BCUT2D eigenvalue weighted by molar-refractivity contribution is 5.93. The quantitative estimate of drug-likeness (QED) is 0.459. The molecule has 2 aromatic rings. The molecule has 2 fully saturated rings. The van der Waals surface area contributed by atoms with Crippen molar-refractivity contribution in [2.45, 2.75) is 83.7 Å². The monoisotopic (exact) mass is 499 g/mol. The third-order valence-electron chi connectivity index (χ3n) is 10.3. The molecule has 5 atom stereocenters. The fourth-order valence-electron chi connectivity index (χ4n) is 8.55. The fourth-order valence-corrected chi connectivity index (χ4v) is 8.55. The topological polar surface area (TPSA) is 65.4 Å². The van der Waals surface area contributed by atoms with Crippen LogP contribution in [0, 0.1) is 17.3 Å². The van der Waals surface area contributed by atoms with Crippen LogP contribution in [-0.2, 0) is 26.2 Å². The maximum Gasteiger partial charge on any atom is 0.306 e. The zero-order valence-electron chi connectivity index (χ0n) is 22.4. The summed E-state index contributed by atoms with van der Waals surface area (Å²) in [5, 5.41) is 1.21. The van der Waals surface area contributed by atoms with Crippen LogP contribution in [0.15, 0.2) is 53.3 Å². The van der Waals surface area contributed by atoms with Gasteiger partial charge in [-0.25, -0.2) is 0 Å². The summed E-state index contributed by atoms with van der Waals surface area (Å²) in [6.07, 6.45) is 9.79. The van der Waals surface area contributed by atoms with Gasteiger partial charge in [-0.2, -0.15) is 0 Å². The second kappa shape index (κ2) is 8.54. The molecule has 1 aromatic carbocycles. The molecule has 5 heteroatoms. The van der Waals surface area contributed by atoms with Crippen LogP contribution in [0.1, 0.15) is 83.6 Å². The zero-order chi connectivity index (χ0) is 26.1. The molecular weight excluding hydrogens is 462 g/mol. The third-order valence-corrected chi connectivity index (χ3v) is 10.3. The number of allylic oxidation sites excluding steroid dienone is 4. The van der Waals surface area contributed by atoms with Crippen molar-refractivity contribution in [2.75, 3.05) is 0 Å². The van der Waals surface area contributed by atoms with Crippen LogP contribution in [-0.4, -0.2) is 27.7 Å². The number of ketones is 2. The van der Waals surface area contributed by atoms with E-state index < -0.39 is 11.0 Å². The highest BCUT2D eigenvalue weighted by atomic mass is 16.6. The van der Waals surface area contributed by atoms with Crippen molar-refractivity contribution < 1.29 is 19.1 Å². The van der Waals surface area contributed by atoms with Crippen LogP contribution in [0.4, 0.5) is 0 Å². The summed E-state index contributed by atoms with van der Waals surface area (Å²) in [6, 6.07) is 8.91. The number of carbonyl (C=O) groups excluding carboxylic acids is 3. The molecule has 0 saturated heterocycles. The number of Topliss-reactive ketones (excluding diaryl/α,β-unsaturated/α-hetero) is 1. The maximum atomic E-state index is 13.4. The lowest BCUT2D eigenvalue weighted by Crippen LogP contribution is -2.57. The lowest BCUT2D eigenvalue weighted by molar-refractivity contribution is -0.184. The molecule has 1 heterocycles. The van der Waals surface area contributed by atoms with E-state index in [1.54, 1.807) is 13.8 Å². The molecule has 4 aliphatic carbocycles. The molecule has 0 spiro atoms. The second-order valence-corrected chi connectivity index (χ2v) is 12.0. The SMILES string of the molecule is CCC(=O)OC1(C(C)=O)CCC2C3CCC4=CC(=O)CCC4=C3C(c3ccc4c(ccn4C)c3)C[C@@]21C. The maximum absolute atomic E-state index is 13.4. The molecule has 0 radical (unpaired) electrons. The zero-order valence-corrected chi connectivity index (χ0v) is 22.4. The lowest BCUT2D eigenvalue weighted by Gasteiger charge is -2.55. The van der Waals surface area contributed by atoms with Gasteiger partial charge in [-0.3, -0.25) is 14.4 Å². The minimum absolute atomic E-state index is 0.0210. The molecule has 2 saturated carbocycles. The molecule has 194 valence electrons. The number of hydrogen-bond donors (Lipinski definition) is 0. The largest absolute Gasteiger partial charge is 0.450 e. The van der Waals surface area contributed by atoms with E-state index in [2.05, 4.69) is 49.0 Å². The first-order chi connectivity index (χ1) is 17.7.